The second kappa shape index (κ2) is 8.80. The van der Waals surface area contributed by atoms with E-state index in [0.29, 0.717) is 13.1 Å². The second-order valence-electron chi connectivity index (χ2n) is 8.13. The number of piperidine rings is 1. The number of benzene rings is 1. The van der Waals surface area contributed by atoms with Gasteiger partial charge in [-0.2, -0.15) is 4.31 Å². The van der Waals surface area contributed by atoms with Gasteiger partial charge in [0.1, 0.15) is 4.90 Å². The number of hydrogen-bond donors (Lipinski definition) is 1. The molecular weight excluding hydrogens is 404 g/mol. The van der Waals surface area contributed by atoms with Gasteiger partial charge in [-0.1, -0.05) is 18.5 Å². The van der Waals surface area contributed by atoms with Gasteiger partial charge in [0, 0.05) is 18.6 Å². The number of esters is 1. The third kappa shape index (κ3) is 5.93. The van der Waals surface area contributed by atoms with Crippen molar-refractivity contribution in [3.05, 3.63) is 28.8 Å². The maximum absolute atomic E-state index is 13.0. The monoisotopic (exact) mass is 430 g/mol. The van der Waals surface area contributed by atoms with Crippen molar-refractivity contribution in [2.45, 2.75) is 51.0 Å². The average molecular weight is 431 g/mol. The molecule has 1 aromatic rings. The molecule has 28 heavy (non-hydrogen) atoms. The molecule has 1 atom stereocenters. The van der Waals surface area contributed by atoms with Crippen LogP contribution in [0.15, 0.2) is 23.1 Å². The number of nitrogens with one attached hydrogen (secondary N) is 1. The number of carbonyl (C=O) groups is 2. The number of amides is 1. The minimum atomic E-state index is -3.82. The Balaban J connectivity index is 2.16. The van der Waals surface area contributed by atoms with Crippen LogP contribution in [-0.2, 0) is 19.6 Å². The molecule has 1 N–H and O–H groups in total. The fourth-order valence-electron chi connectivity index (χ4n) is 3.00. The summed E-state index contributed by atoms with van der Waals surface area (Å²) >= 11 is 6.12. The Morgan fingerprint density at radius 2 is 2.00 bits per heavy atom. The highest BCUT2D eigenvalue weighted by Gasteiger charge is 2.31. The Kier molecular flexibility index (Phi) is 7.12. The highest BCUT2D eigenvalue weighted by molar-refractivity contribution is 7.89. The topological polar surface area (TPSA) is 92.8 Å². The molecule has 1 aromatic carbocycles. The summed E-state index contributed by atoms with van der Waals surface area (Å²) in [4.78, 5) is 24.0. The van der Waals surface area contributed by atoms with Crippen molar-refractivity contribution in [1.29, 1.82) is 0 Å². The van der Waals surface area contributed by atoms with Crippen LogP contribution in [0.2, 0.25) is 5.02 Å². The Morgan fingerprint density at radius 1 is 1.32 bits per heavy atom. The first-order valence-corrected chi connectivity index (χ1v) is 11.0. The third-order valence-electron chi connectivity index (χ3n) is 4.25. The van der Waals surface area contributed by atoms with Gasteiger partial charge >= 0.3 is 5.97 Å². The van der Waals surface area contributed by atoms with Gasteiger partial charge in [-0.05, 0) is 57.7 Å². The van der Waals surface area contributed by atoms with Crippen molar-refractivity contribution in [2.24, 2.45) is 5.92 Å². The molecule has 156 valence electrons. The molecule has 7 nitrogen and oxygen atoms in total. The molecule has 0 aromatic heterocycles. The first kappa shape index (κ1) is 22.6. The summed E-state index contributed by atoms with van der Waals surface area (Å²) in [5.74, 6) is -0.967. The lowest BCUT2D eigenvalue weighted by molar-refractivity contribution is -0.125. The lowest BCUT2D eigenvalue weighted by Gasteiger charge is -2.30. The van der Waals surface area contributed by atoms with Crippen molar-refractivity contribution in [1.82, 2.24) is 9.62 Å². The van der Waals surface area contributed by atoms with E-state index >= 15 is 0 Å². The summed E-state index contributed by atoms with van der Waals surface area (Å²) in [5.41, 5.74) is -0.423. The molecule has 2 rings (SSSR count). The van der Waals surface area contributed by atoms with Gasteiger partial charge in [-0.25, -0.2) is 13.2 Å². The number of sulfonamides is 1. The first-order valence-electron chi connectivity index (χ1n) is 9.18. The molecule has 0 aliphatic carbocycles. The highest BCUT2D eigenvalue weighted by atomic mass is 35.5. The molecule has 0 radical (unpaired) electrons. The van der Waals surface area contributed by atoms with Crippen LogP contribution in [0, 0.1) is 5.92 Å². The standard InChI is InChI=1S/C19H27ClN2O5S/c1-13-6-5-9-22(11-13)28(25,26)16-10-14(7-8-15(16)20)18(24)27-12-17(23)21-19(2,3)4/h7-8,10,13H,5-6,9,11-12H2,1-4H3,(H,21,23)/t13-/m1/s1. The lowest BCUT2D eigenvalue weighted by atomic mass is 10.0. The van der Waals surface area contributed by atoms with Crippen LogP contribution in [0.1, 0.15) is 50.9 Å². The highest BCUT2D eigenvalue weighted by Crippen LogP contribution is 2.29. The van der Waals surface area contributed by atoms with Crippen LogP contribution in [-0.4, -0.2) is 49.8 Å². The van der Waals surface area contributed by atoms with E-state index in [1.54, 1.807) is 0 Å². The van der Waals surface area contributed by atoms with Crippen LogP contribution < -0.4 is 5.32 Å². The number of nitrogens with zero attached hydrogens (tertiary/aromatic N) is 1. The maximum atomic E-state index is 13.0. The predicted octanol–water partition coefficient (Wildman–Crippen LogP) is 2.83. The zero-order chi connectivity index (χ0) is 21.1. The van der Waals surface area contributed by atoms with Crippen molar-refractivity contribution >= 4 is 33.5 Å². The predicted molar refractivity (Wildman–Crippen MR) is 107 cm³/mol. The normalized spacial score (nSPS) is 18.5. The van der Waals surface area contributed by atoms with Crippen molar-refractivity contribution in [3.8, 4) is 0 Å². The SMILES string of the molecule is C[C@@H]1CCCN(S(=O)(=O)c2cc(C(=O)OCC(=O)NC(C)(C)C)ccc2Cl)C1. The van der Waals surface area contributed by atoms with Crippen LogP contribution in [0.5, 0.6) is 0 Å². The molecule has 1 aliphatic rings. The van der Waals surface area contributed by atoms with Crippen LogP contribution in [0.4, 0.5) is 0 Å². The van der Waals surface area contributed by atoms with Gasteiger partial charge in [0.15, 0.2) is 6.61 Å². The fraction of sp³-hybridized carbons (Fsp3) is 0.579. The van der Waals surface area contributed by atoms with Crippen molar-refractivity contribution < 1.29 is 22.7 Å². The summed E-state index contributed by atoms with van der Waals surface area (Å²) in [6, 6.07) is 3.94. The smallest absolute Gasteiger partial charge is 0.338 e. The molecule has 1 saturated heterocycles. The van der Waals surface area contributed by atoms with Gasteiger partial charge in [0.25, 0.3) is 5.91 Å². The number of halogens is 1. The Morgan fingerprint density at radius 3 is 2.61 bits per heavy atom. The Hall–Kier alpha value is -1.64. The fourth-order valence-corrected chi connectivity index (χ4v) is 5.10. The molecule has 0 saturated carbocycles. The number of carbonyl (C=O) groups excluding carboxylic acids is 2. The quantitative estimate of drug-likeness (QED) is 0.725. The van der Waals surface area contributed by atoms with Crippen LogP contribution in [0.25, 0.3) is 0 Å². The zero-order valence-corrected chi connectivity index (χ0v) is 18.2. The van der Waals surface area contributed by atoms with E-state index < -0.39 is 34.0 Å². The molecule has 0 bridgehead atoms. The number of hydrogen-bond acceptors (Lipinski definition) is 5. The number of ether oxygens (including phenoxy) is 1. The molecule has 0 spiro atoms. The van der Waals surface area contributed by atoms with E-state index in [0.717, 1.165) is 12.8 Å². The molecule has 1 fully saturated rings. The Bertz CT molecular complexity index is 848. The molecule has 0 unspecified atom stereocenters. The summed E-state index contributed by atoms with van der Waals surface area (Å²) in [6.07, 6.45) is 1.76. The summed E-state index contributed by atoms with van der Waals surface area (Å²) in [5, 5.41) is 2.72. The lowest BCUT2D eigenvalue weighted by Crippen LogP contribution is -2.42. The van der Waals surface area contributed by atoms with Gasteiger partial charge in [-0.15, -0.1) is 0 Å². The van der Waals surface area contributed by atoms with Crippen molar-refractivity contribution in [3.63, 3.8) is 0 Å². The zero-order valence-electron chi connectivity index (χ0n) is 16.6. The van der Waals surface area contributed by atoms with Crippen LogP contribution in [0.3, 0.4) is 0 Å². The molecule has 1 amide bonds. The minimum absolute atomic E-state index is 0.0246. The molecular formula is C19H27ClN2O5S. The van der Waals surface area contributed by atoms with E-state index in [1.165, 1.54) is 22.5 Å². The third-order valence-corrected chi connectivity index (χ3v) is 6.60. The second-order valence-corrected chi connectivity index (χ2v) is 10.4. The summed E-state index contributed by atoms with van der Waals surface area (Å²) in [6.45, 7) is 7.81. The first-order chi connectivity index (χ1) is 12.9. The van der Waals surface area contributed by atoms with E-state index in [1.807, 2.05) is 27.7 Å². The van der Waals surface area contributed by atoms with Gasteiger partial charge in [-0.3, -0.25) is 4.79 Å². The largest absolute Gasteiger partial charge is 0.452 e. The average Bonchev–Trinajstić information content (AvgIpc) is 2.58. The molecule has 1 aliphatic heterocycles. The molecule has 9 heteroatoms. The summed E-state index contributed by atoms with van der Waals surface area (Å²) < 4.78 is 32.4. The summed E-state index contributed by atoms with van der Waals surface area (Å²) in [7, 11) is -3.82. The van der Waals surface area contributed by atoms with Gasteiger partial charge < -0.3 is 10.1 Å². The van der Waals surface area contributed by atoms with E-state index in [9.17, 15) is 18.0 Å². The molecule has 1 heterocycles. The number of rotatable bonds is 5. The minimum Gasteiger partial charge on any atom is -0.452 e. The van der Waals surface area contributed by atoms with E-state index in [-0.39, 0.29) is 21.4 Å². The van der Waals surface area contributed by atoms with E-state index in [4.69, 9.17) is 16.3 Å². The van der Waals surface area contributed by atoms with E-state index in [2.05, 4.69) is 5.32 Å². The van der Waals surface area contributed by atoms with Crippen molar-refractivity contribution in [2.75, 3.05) is 19.7 Å². The van der Waals surface area contributed by atoms with Crippen LogP contribution >= 0.6 is 11.6 Å². The Labute approximate surface area is 171 Å². The van der Waals surface area contributed by atoms with Gasteiger partial charge in [0.2, 0.25) is 10.0 Å². The van der Waals surface area contributed by atoms with Gasteiger partial charge in [0.05, 0.1) is 10.6 Å². The maximum Gasteiger partial charge on any atom is 0.338 e.